The lowest BCUT2D eigenvalue weighted by molar-refractivity contribution is 0.0781. The molecule has 1 N–H and O–H groups in total. The molecule has 6 nitrogen and oxygen atoms in total. The molecule has 0 unspecified atom stereocenters. The van der Waals surface area contributed by atoms with Crippen LogP contribution < -0.4 is 5.32 Å². The van der Waals surface area contributed by atoms with Crippen LogP contribution in [0.15, 0.2) is 39.4 Å². The zero-order chi connectivity index (χ0) is 19.0. The number of nitrogens with zero attached hydrogens (tertiary/aromatic N) is 2. The SMILES string of the molecule is CN1CCc2cc(C(=O)N3CC[C@@H](NC(=O)c4ccc(Br)o4)C3)ccc2C1. The quantitative estimate of drug-likeness (QED) is 0.810. The molecule has 2 amide bonds. The normalized spacial score (nSPS) is 19.8. The number of fused-ring (bicyclic) bond motifs is 1. The fourth-order valence-corrected chi connectivity index (χ4v) is 4.07. The molecule has 1 aromatic carbocycles. The fraction of sp³-hybridized carbons (Fsp3) is 0.400. The molecule has 0 spiro atoms. The van der Waals surface area contributed by atoms with Crippen LogP contribution in [0, 0.1) is 0 Å². The van der Waals surface area contributed by atoms with Crippen LogP contribution in [0.2, 0.25) is 0 Å². The first-order valence-corrected chi connectivity index (χ1v) is 9.95. The molecule has 0 radical (unpaired) electrons. The van der Waals surface area contributed by atoms with Crippen molar-refractivity contribution in [3.05, 3.63) is 57.5 Å². The van der Waals surface area contributed by atoms with Gasteiger partial charge in [0.15, 0.2) is 10.4 Å². The third-order valence-electron chi connectivity index (χ3n) is 5.26. The summed E-state index contributed by atoms with van der Waals surface area (Å²) in [6.07, 6.45) is 1.72. The smallest absolute Gasteiger partial charge is 0.287 e. The molecule has 2 aliphatic heterocycles. The summed E-state index contributed by atoms with van der Waals surface area (Å²) in [5.74, 6) is 0.0541. The van der Waals surface area contributed by atoms with Crippen molar-refractivity contribution >= 4 is 27.7 Å². The van der Waals surface area contributed by atoms with Gasteiger partial charge in [-0.2, -0.15) is 0 Å². The number of nitrogens with one attached hydrogen (secondary N) is 1. The number of rotatable bonds is 3. The van der Waals surface area contributed by atoms with Gasteiger partial charge in [0.25, 0.3) is 11.8 Å². The van der Waals surface area contributed by atoms with Gasteiger partial charge in [0, 0.05) is 37.8 Å². The van der Waals surface area contributed by atoms with E-state index in [-0.39, 0.29) is 23.6 Å². The van der Waals surface area contributed by atoms with Crippen LogP contribution in [-0.4, -0.2) is 54.3 Å². The first-order chi connectivity index (χ1) is 13.0. The van der Waals surface area contributed by atoms with Gasteiger partial charge in [-0.25, -0.2) is 0 Å². The van der Waals surface area contributed by atoms with Crippen LogP contribution in [0.4, 0.5) is 0 Å². The number of hydrogen-bond acceptors (Lipinski definition) is 4. The van der Waals surface area contributed by atoms with Crippen LogP contribution in [0.1, 0.15) is 38.5 Å². The van der Waals surface area contributed by atoms with E-state index in [2.05, 4.69) is 39.3 Å². The van der Waals surface area contributed by atoms with Gasteiger partial charge in [-0.15, -0.1) is 0 Å². The summed E-state index contributed by atoms with van der Waals surface area (Å²) in [7, 11) is 2.11. The Morgan fingerprint density at radius 3 is 2.81 bits per heavy atom. The maximum absolute atomic E-state index is 12.9. The molecule has 2 aliphatic rings. The summed E-state index contributed by atoms with van der Waals surface area (Å²) in [6.45, 7) is 3.12. The molecular formula is C20H22BrN3O3. The van der Waals surface area contributed by atoms with Crippen molar-refractivity contribution in [3.8, 4) is 0 Å². The number of likely N-dealkylation sites (N-methyl/N-ethyl adjacent to an activating group) is 1. The average Bonchev–Trinajstić information content (AvgIpc) is 3.30. The molecule has 1 atom stereocenters. The average molecular weight is 432 g/mol. The second-order valence-electron chi connectivity index (χ2n) is 7.29. The molecule has 4 rings (SSSR count). The molecule has 1 aromatic heterocycles. The van der Waals surface area contributed by atoms with Gasteiger partial charge in [-0.05, 0) is 71.2 Å². The Balaban J connectivity index is 1.38. The summed E-state index contributed by atoms with van der Waals surface area (Å²) in [4.78, 5) is 29.2. The number of amides is 2. The zero-order valence-corrected chi connectivity index (χ0v) is 16.8. The van der Waals surface area contributed by atoms with Gasteiger partial charge in [0.1, 0.15) is 0 Å². The van der Waals surface area contributed by atoms with E-state index in [1.165, 1.54) is 11.1 Å². The highest BCUT2D eigenvalue weighted by Crippen LogP contribution is 2.22. The number of halogens is 1. The third-order valence-corrected chi connectivity index (χ3v) is 5.69. The minimum atomic E-state index is -0.252. The summed E-state index contributed by atoms with van der Waals surface area (Å²) in [6, 6.07) is 9.29. The molecule has 2 aromatic rings. The van der Waals surface area contributed by atoms with E-state index in [9.17, 15) is 9.59 Å². The number of furan rings is 1. The minimum Gasteiger partial charge on any atom is -0.444 e. The van der Waals surface area contributed by atoms with Crippen LogP contribution in [0.3, 0.4) is 0 Å². The van der Waals surface area contributed by atoms with Gasteiger partial charge in [0.05, 0.1) is 0 Å². The Morgan fingerprint density at radius 1 is 1.19 bits per heavy atom. The van der Waals surface area contributed by atoms with Crippen LogP contribution in [0.25, 0.3) is 0 Å². The molecule has 0 bridgehead atoms. The predicted molar refractivity (Wildman–Crippen MR) is 105 cm³/mol. The topological polar surface area (TPSA) is 65.8 Å². The van der Waals surface area contributed by atoms with E-state index < -0.39 is 0 Å². The predicted octanol–water partition coefficient (Wildman–Crippen LogP) is 2.67. The van der Waals surface area contributed by atoms with Crippen LogP contribution >= 0.6 is 15.9 Å². The highest BCUT2D eigenvalue weighted by Gasteiger charge is 2.29. The van der Waals surface area contributed by atoms with Crippen molar-refractivity contribution < 1.29 is 14.0 Å². The fourth-order valence-electron chi connectivity index (χ4n) is 3.77. The zero-order valence-electron chi connectivity index (χ0n) is 15.2. The van der Waals surface area contributed by atoms with Crippen LogP contribution in [-0.2, 0) is 13.0 Å². The van der Waals surface area contributed by atoms with E-state index >= 15 is 0 Å². The van der Waals surface area contributed by atoms with E-state index in [0.717, 1.165) is 31.5 Å². The minimum absolute atomic E-state index is 0.0363. The van der Waals surface area contributed by atoms with Gasteiger partial charge >= 0.3 is 0 Å². The highest BCUT2D eigenvalue weighted by molar-refractivity contribution is 9.10. The van der Waals surface area contributed by atoms with E-state index in [1.54, 1.807) is 12.1 Å². The monoisotopic (exact) mass is 431 g/mol. The van der Waals surface area contributed by atoms with Gasteiger partial charge in [-0.1, -0.05) is 6.07 Å². The third kappa shape index (κ3) is 3.94. The largest absolute Gasteiger partial charge is 0.444 e. The van der Waals surface area contributed by atoms with Crippen molar-refractivity contribution in [2.24, 2.45) is 0 Å². The van der Waals surface area contributed by atoms with Crippen molar-refractivity contribution in [2.75, 3.05) is 26.7 Å². The second-order valence-corrected chi connectivity index (χ2v) is 8.07. The molecule has 0 saturated carbocycles. The Labute approximate surface area is 166 Å². The molecule has 7 heteroatoms. The Kier molecular flexibility index (Phi) is 5.06. The lowest BCUT2D eigenvalue weighted by Crippen LogP contribution is -2.38. The maximum Gasteiger partial charge on any atom is 0.287 e. The molecule has 3 heterocycles. The van der Waals surface area contributed by atoms with Crippen molar-refractivity contribution in [1.82, 2.24) is 15.1 Å². The first-order valence-electron chi connectivity index (χ1n) is 9.15. The lowest BCUT2D eigenvalue weighted by Gasteiger charge is -2.25. The molecule has 142 valence electrons. The summed E-state index contributed by atoms with van der Waals surface area (Å²) in [5, 5.41) is 2.95. The Hall–Kier alpha value is -2.12. The van der Waals surface area contributed by atoms with Crippen molar-refractivity contribution in [1.29, 1.82) is 0 Å². The van der Waals surface area contributed by atoms with Gasteiger partial charge < -0.3 is 19.5 Å². The molecule has 0 aliphatic carbocycles. The number of likely N-dealkylation sites (tertiary alicyclic amines) is 1. The van der Waals surface area contributed by atoms with Crippen molar-refractivity contribution in [2.45, 2.75) is 25.4 Å². The second kappa shape index (κ2) is 7.48. The summed E-state index contributed by atoms with van der Waals surface area (Å²) in [5.41, 5.74) is 3.31. The standard InChI is InChI=1S/C20H22BrN3O3/c1-23-8-6-13-10-14(2-3-15(13)11-23)20(26)24-9-7-16(12-24)22-19(25)17-4-5-18(21)27-17/h2-5,10,16H,6-9,11-12H2,1H3,(H,22,25)/t16-/m1/s1. The summed E-state index contributed by atoms with van der Waals surface area (Å²) < 4.78 is 5.80. The number of benzene rings is 1. The highest BCUT2D eigenvalue weighted by atomic mass is 79.9. The summed E-state index contributed by atoms with van der Waals surface area (Å²) >= 11 is 3.19. The van der Waals surface area contributed by atoms with E-state index in [0.29, 0.717) is 17.8 Å². The number of hydrogen-bond donors (Lipinski definition) is 1. The lowest BCUT2D eigenvalue weighted by atomic mass is 9.97. The molecule has 27 heavy (non-hydrogen) atoms. The maximum atomic E-state index is 12.9. The van der Waals surface area contributed by atoms with Gasteiger partial charge in [-0.3, -0.25) is 9.59 Å². The van der Waals surface area contributed by atoms with Crippen molar-refractivity contribution in [3.63, 3.8) is 0 Å². The van der Waals surface area contributed by atoms with E-state index in [4.69, 9.17) is 4.42 Å². The van der Waals surface area contributed by atoms with Crippen LogP contribution in [0.5, 0.6) is 0 Å². The van der Waals surface area contributed by atoms with Gasteiger partial charge in [0.2, 0.25) is 0 Å². The first kappa shape index (κ1) is 18.3. The molecule has 1 saturated heterocycles. The molecule has 1 fully saturated rings. The molecular weight excluding hydrogens is 410 g/mol. The Bertz CT molecular complexity index is 879. The number of carbonyl (C=O) groups excluding carboxylic acids is 2. The number of carbonyl (C=O) groups is 2. The van der Waals surface area contributed by atoms with E-state index in [1.807, 2.05) is 17.0 Å². The Morgan fingerprint density at radius 2 is 2.04 bits per heavy atom.